The molecule has 0 heteroatoms. The minimum absolute atomic E-state index is 0.612. The molecule has 56 valence electrons. The highest BCUT2D eigenvalue weighted by atomic mass is 14.4. The van der Waals surface area contributed by atoms with Gasteiger partial charge in [-0.05, 0) is 19.3 Å². The monoisotopic (exact) mass is 136 g/mol. The van der Waals surface area contributed by atoms with E-state index in [1.807, 2.05) is 0 Å². The van der Waals surface area contributed by atoms with Gasteiger partial charge in [-0.15, -0.1) is 0 Å². The molecule has 0 aromatic carbocycles. The summed E-state index contributed by atoms with van der Waals surface area (Å²) in [4.78, 5) is 0. The molecule has 0 N–H and O–H groups in total. The first kappa shape index (κ1) is 6.45. The molecule has 0 aromatic heterocycles. The van der Waals surface area contributed by atoms with Gasteiger partial charge in [-0.1, -0.05) is 37.8 Å². The Labute approximate surface area is 63.3 Å². The topological polar surface area (TPSA) is 0 Å². The predicted molar refractivity (Wildman–Crippen MR) is 43.9 cm³/mol. The molecule has 0 nitrogen and oxygen atoms in total. The van der Waals surface area contributed by atoms with Crippen LogP contribution in [0.4, 0.5) is 0 Å². The highest BCUT2D eigenvalue weighted by Crippen LogP contribution is 2.51. The molecule has 1 unspecified atom stereocenters. The molecule has 0 spiro atoms. The number of hydrogen-bond acceptors (Lipinski definition) is 0. The minimum atomic E-state index is 0.612. The lowest BCUT2D eigenvalue weighted by molar-refractivity contribution is 0.463. The Kier molecular flexibility index (Phi) is 1.36. The second kappa shape index (κ2) is 2.11. The van der Waals surface area contributed by atoms with Crippen LogP contribution in [-0.4, -0.2) is 0 Å². The van der Waals surface area contributed by atoms with Gasteiger partial charge in [0.15, 0.2) is 0 Å². The van der Waals surface area contributed by atoms with Crippen LogP contribution in [-0.2, 0) is 0 Å². The smallest absolute Gasteiger partial charge is 0.00657 e. The Balaban J connectivity index is 1.95. The Morgan fingerprint density at radius 3 is 2.90 bits per heavy atom. The lowest BCUT2D eigenvalue weighted by Gasteiger charge is -2.15. The zero-order valence-corrected chi connectivity index (χ0v) is 6.82. The average Bonchev–Trinajstić information content (AvgIpc) is 2.44. The average molecular weight is 136 g/mol. The van der Waals surface area contributed by atoms with E-state index < -0.39 is 0 Å². The molecule has 2 aliphatic carbocycles. The summed E-state index contributed by atoms with van der Waals surface area (Å²) in [6.45, 7) is 2.40. The molecule has 10 heavy (non-hydrogen) atoms. The van der Waals surface area contributed by atoms with Crippen molar-refractivity contribution in [2.45, 2.75) is 45.4 Å². The third kappa shape index (κ3) is 1.00. The first-order valence-electron chi connectivity index (χ1n) is 4.53. The molecular weight excluding hydrogens is 120 g/mol. The van der Waals surface area contributed by atoms with Crippen molar-refractivity contribution >= 4 is 0 Å². The molecular formula is C10H16. The van der Waals surface area contributed by atoms with Crippen LogP contribution in [0.5, 0.6) is 0 Å². The van der Waals surface area contributed by atoms with Gasteiger partial charge in [0, 0.05) is 5.41 Å². The Bertz CT molecular complexity index is 167. The molecule has 2 rings (SSSR count). The van der Waals surface area contributed by atoms with Gasteiger partial charge in [0.2, 0.25) is 0 Å². The SMILES string of the molecule is CC12C=C1CCCCCC2. The van der Waals surface area contributed by atoms with Gasteiger partial charge < -0.3 is 0 Å². The van der Waals surface area contributed by atoms with Crippen LogP contribution in [0.3, 0.4) is 0 Å². The van der Waals surface area contributed by atoms with Crippen molar-refractivity contribution in [2.75, 3.05) is 0 Å². The number of rotatable bonds is 0. The largest absolute Gasteiger partial charge is 0.0745 e. The van der Waals surface area contributed by atoms with Crippen molar-refractivity contribution < 1.29 is 0 Å². The molecule has 1 saturated carbocycles. The first-order valence-corrected chi connectivity index (χ1v) is 4.53. The molecule has 0 amide bonds. The van der Waals surface area contributed by atoms with Crippen LogP contribution in [0, 0.1) is 5.41 Å². The third-order valence-corrected chi connectivity index (χ3v) is 3.04. The molecule has 0 radical (unpaired) electrons. The van der Waals surface area contributed by atoms with Crippen LogP contribution < -0.4 is 0 Å². The summed E-state index contributed by atoms with van der Waals surface area (Å²) < 4.78 is 0. The van der Waals surface area contributed by atoms with Gasteiger partial charge in [-0.3, -0.25) is 0 Å². The van der Waals surface area contributed by atoms with Gasteiger partial charge in [0.1, 0.15) is 0 Å². The van der Waals surface area contributed by atoms with E-state index in [0.29, 0.717) is 5.41 Å². The number of hydrogen-bond donors (Lipinski definition) is 0. The van der Waals surface area contributed by atoms with Crippen LogP contribution >= 0.6 is 0 Å². The van der Waals surface area contributed by atoms with Crippen molar-refractivity contribution in [2.24, 2.45) is 5.41 Å². The van der Waals surface area contributed by atoms with Crippen LogP contribution in [0.25, 0.3) is 0 Å². The summed E-state index contributed by atoms with van der Waals surface area (Å²) in [5.74, 6) is 0. The van der Waals surface area contributed by atoms with Gasteiger partial charge in [0.05, 0.1) is 0 Å². The summed E-state index contributed by atoms with van der Waals surface area (Å²) >= 11 is 0. The number of fused-ring (bicyclic) bond motifs is 1. The van der Waals surface area contributed by atoms with E-state index in [0.717, 1.165) is 0 Å². The molecule has 0 aliphatic heterocycles. The molecule has 0 saturated heterocycles. The fourth-order valence-corrected chi connectivity index (χ4v) is 2.10. The maximum atomic E-state index is 2.48. The van der Waals surface area contributed by atoms with Crippen molar-refractivity contribution in [3.8, 4) is 0 Å². The van der Waals surface area contributed by atoms with Crippen molar-refractivity contribution in [1.82, 2.24) is 0 Å². The molecule has 0 heterocycles. The maximum absolute atomic E-state index is 2.48. The van der Waals surface area contributed by atoms with Gasteiger partial charge >= 0.3 is 0 Å². The Hall–Kier alpha value is -0.260. The van der Waals surface area contributed by atoms with E-state index in [9.17, 15) is 0 Å². The standard InChI is InChI=1S/C10H16/c1-10-7-5-3-2-4-6-9(10)8-10/h8H,2-7H2,1H3. The predicted octanol–water partition coefficient (Wildman–Crippen LogP) is 3.29. The zero-order valence-electron chi connectivity index (χ0n) is 6.82. The van der Waals surface area contributed by atoms with Gasteiger partial charge in [-0.25, -0.2) is 0 Å². The highest BCUT2D eigenvalue weighted by molar-refractivity contribution is 5.37. The first-order chi connectivity index (χ1) is 4.81. The molecule has 0 bridgehead atoms. The van der Waals surface area contributed by atoms with Gasteiger partial charge in [0.25, 0.3) is 0 Å². The molecule has 1 atom stereocenters. The second-order valence-electron chi connectivity index (χ2n) is 4.00. The summed E-state index contributed by atoms with van der Waals surface area (Å²) in [5, 5.41) is 0. The second-order valence-corrected chi connectivity index (χ2v) is 4.00. The molecule has 0 aromatic rings. The highest BCUT2D eigenvalue weighted by Gasteiger charge is 2.37. The lowest BCUT2D eigenvalue weighted by Crippen LogP contribution is -2.01. The third-order valence-electron chi connectivity index (χ3n) is 3.04. The summed E-state index contributed by atoms with van der Waals surface area (Å²) in [6.07, 6.45) is 11.2. The van der Waals surface area contributed by atoms with E-state index in [1.165, 1.54) is 38.5 Å². The van der Waals surface area contributed by atoms with Crippen molar-refractivity contribution in [3.05, 3.63) is 11.6 Å². The minimum Gasteiger partial charge on any atom is -0.0745 e. The Morgan fingerprint density at radius 1 is 1.20 bits per heavy atom. The van der Waals surface area contributed by atoms with Crippen LogP contribution in [0.2, 0.25) is 0 Å². The number of allylic oxidation sites excluding steroid dienone is 2. The maximum Gasteiger partial charge on any atom is 0.00657 e. The van der Waals surface area contributed by atoms with Crippen molar-refractivity contribution in [3.63, 3.8) is 0 Å². The van der Waals surface area contributed by atoms with Crippen LogP contribution in [0.1, 0.15) is 45.4 Å². The van der Waals surface area contributed by atoms with E-state index in [4.69, 9.17) is 0 Å². The van der Waals surface area contributed by atoms with Gasteiger partial charge in [-0.2, -0.15) is 0 Å². The lowest BCUT2D eigenvalue weighted by atomic mass is 9.90. The summed E-state index contributed by atoms with van der Waals surface area (Å²) in [7, 11) is 0. The fourth-order valence-electron chi connectivity index (χ4n) is 2.10. The summed E-state index contributed by atoms with van der Waals surface area (Å²) in [5.41, 5.74) is 2.37. The Morgan fingerprint density at radius 2 is 2.00 bits per heavy atom. The molecule has 1 fully saturated rings. The van der Waals surface area contributed by atoms with Crippen LogP contribution in [0.15, 0.2) is 11.6 Å². The van der Waals surface area contributed by atoms with Crippen molar-refractivity contribution in [1.29, 1.82) is 0 Å². The normalized spacial score (nSPS) is 39.1. The molecule has 2 aliphatic rings. The summed E-state index contributed by atoms with van der Waals surface area (Å²) in [6, 6.07) is 0. The fraction of sp³-hybridized carbons (Fsp3) is 0.800. The van der Waals surface area contributed by atoms with E-state index >= 15 is 0 Å². The zero-order chi connectivity index (χ0) is 7.03. The van der Waals surface area contributed by atoms with E-state index in [2.05, 4.69) is 13.0 Å². The van der Waals surface area contributed by atoms with E-state index in [1.54, 1.807) is 5.57 Å². The van der Waals surface area contributed by atoms with E-state index in [-0.39, 0.29) is 0 Å². The quantitative estimate of drug-likeness (QED) is 0.448.